The van der Waals surface area contributed by atoms with Gasteiger partial charge in [-0.1, -0.05) is 42.0 Å². The van der Waals surface area contributed by atoms with Crippen LogP contribution in [0.2, 0.25) is 5.02 Å². The largest absolute Gasteiger partial charge is 0.340 e. The zero-order chi connectivity index (χ0) is 15.0. The lowest BCUT2D eigenvalue weighted by Crippen LogP contribution is -2.44. The highest BCUT2D eigenvalue weighted by Gasteiger charge is 2.62. The molecule has 0 saturated heterocycles. The molecular formula is C14H10ClF5. The van der Waals surface area contributed by atoms with Crippen molar-refractivity contribution in [3.63, 3.8) is 0 Å². The molecule has 0 aliphatic heterocycles. The van der Waals surface area contributed by atoms with E-state index in [1.54, 1.807) is 0 Å². The molecule has 0 atom stereocenters. The van der Waals surface area contributed by atoms with E-state index >= 15 is 0 Å². The van der Waals surface area contributed by atoms with Crippen molar-refractivity contribution in [3.05, 3.63) is 52.6 Å². The molecule has 0 nitrogen and oxygen atoms in total. The van der Waals surface area contributed by atoms with Crippen LogP contribution in [0.1, 0.15) is 12.0 Å². The Hall–Kier alpha value is -1.36. The second-order valence-corrected chi connectivity index (χ2v) is 4.75. The van der Waals surface area contributed by atoms with E-state index in [0.29, 0.717) is 0 Å². The summed E-state index contributed by atoms with van der Waals surface area (Å²) >= 11 is 5.78. The molecule has 6 heteroatoms. The maximum atomic E-state index is 14.0. The lowest BCUT2D eigenvalue weighted by atomic mass is 9.85. The summed E-state index contributed by atoms with van der Waals surface area (Å²) in [5.41, 5.74) is -1.94. The summed E-state index contributed by atoms with van der Waals surface area (Å²) in [5.74, 6) is -8.86. The number of rotatable bonds is 3. The molecule has 0 bridgehead atoms. The number of hydrogen-bond acceptors (Lipinski definition) is 0. The van der Waals surface area contributed by atoms with E-state index in [1.165, 1.54) is 24.3 Å². The maximum Gasteiger partial charge on any atom is 0.340 e. The van der Waals surface area contributed by atoms with Crippen LogP contribution in [0, 0.1) is 0 Å². The van der Waals surface area contributed by atoms with Gasteiger partial charge in [0.2, 0.25) is 0 Å². The van der Waals surface area contributed by atoms with Crippen molar-refractivity contribution < 1.29 is 22.0 Å². The Labute approximate surface area is 117 Å². The van der Waals surface area contributed by atoms with Crippen LogP contribution in [0.3, 0.4) is 0 Å². The molecule has 0 unspecified atom stereocenters. The summed E-state index contributed by atoms with van der Waals surface area (Å²) < 4.78 is 68.0. The van der Waals surface area contributed by atoms with Gasteiger partial charge in [0, 0.05) is 28.2 Å². The minimum atomic E-state index is -4.43. The van der Waals surface area contributed by atoms with Crippen molar-refractivity contribution in [2.24, 2.45) is 0 Å². The molecule has 1 aromatic rings. The van der Waals surface area contributed by atoms with Gasteiger partial charge in [-0.2, -0.15) is 17.6 Å². The van der Waals surface area contributed by atoms with Gasteiger partial charge >= 0.3 is 11.8 Å². The topological polar surface area (TPSA) is 0 Å². The van der Waals surface area contributed by atoms with E-state index in [9.17, 15) is 22.0 Å². The molecule has 0 saturated carbocycles. The van der Waals surface area contributed by atoms with Crippen LogP contribution >= 0.6 is 11.6 Å². The number of hydrogen-bond donors (Lipinski definition) is 0. The third kappa shape index (κ3) is 2.24. The first-order valence-corrected chi connectivity index (χ1v) is 6.18. The van der Waals surface area contributed by atoms with E-state index in [4.69, 9.17) is 11.6 Å². The average Bonchev–Trinajstić information content (AvgIpc) is 2.37. The Balaban J connectivity index is 2.57. The minimum absolute atomic E-state index is 0.0448. The van der Waals surface area contributed by atoms with Gasteiger partial charge in [0.05, 0.1) is 6.67 Å². The smallest absolute Gasteiger partial charge is 0.251 e. The Bertz CT molecular complexity index is 575. The predicted octanol–water partition coefficient (Wildman–Crippen LogP) is 5.29. The standard InChI is InChI=1S/C14H10ClF5/c15-12-4-2-1-3-10(12)11-6-5-9(7-8-16)13(17,18)14(11,19)20/h1-6H,7-8H2. The van der Waals surface area contributed by atoms with Gasteiger partial charge in [-0.05, 0) is 6.07 Å². The third-order valence-corrected chi connectivity index (χ3v) is 3.44. The Morgan fingerprint density at radius 1 is 0.950 bits per heavy atom. The van der Waals surface area contributed by atoms with Crippen molar-refractivity contribution in [1.29, 1.82) is 0 Å². The fourth-order valence-corrected chi connectivity index (χ4v) is 2.28. The zero-order valence-electron chi connectivity index (χ0n) is 10.1. The molecule has 0 amide bonds. The Morgan fingerprint density at radius 2 is 1.60 bits per heavy atom. The quantitative estimate of drug-likeness (QED) is 0.665. The van der Waals surface area contributed by atoms with Gasteiger partial charge in [0.15, 0.2) is 0 Å². The molecule has 0 fully saturated rings. The van der Waals surface area contributed by atoms with Crippen molar-refractivity contribution >= 4 is 17.2 Å². The minimum Gasteiger partial charge on any atom is -0.251 e. The second kappa shape index (κ2) is 5.20. The number of benzene rings is 1. The molecule has 0 radical (unpaired) electrons. The van der Waals surface area contributed by atoms with Crippen molar-refractivity contribution in [1.82, 2.24) is 0 Å². The molecule has 0 N–H and O–H groups in total. The Kier molecular flexibility index (Phi) is 3.91. The average molecular weight is 309 g/mol. The van der Waals surface area contributed by atoms with Crippen LogP contribution in [0.25, 0.3) is 5.57 Å². The fourth-order valence-electron chi connectivity index (χ4n) is 2.04. The van der Waals surface area contributed by atoms with Gasteiger partial charge in [-0.15, -0.1) is 0 Å². The molecule has 1 aromatic carbocycles. The summed E-state index contributed by atoms with van der Waals surface area (Å²) in [4.78, 5) is 0. The van der Waals surface area contributed by atoms with Crippen molar-refractivity contribution in [3.8, 4) is 0 Å². The van der Waals surface area contributed by atoms with E-state index in [2.05, 4.69) is 0 Å². The molecule has 1 aliphatic rings. The van der Waals surface area contributed by atoms with Crippen molar-refractivity contribution in [2.45, 2.75) is 18.3 Å². The molecule has 0 spiro atoms. The van der Waals surface area contributed by atoms with E-state index in [1.807, 2.05) is 0 Å². The first-order valence-electron chi connectivity index (χ1n) is 5.80. The lowest BCUT2D eigenvalue weighted by Gasteiger charge is -2.33. The maximum absolute atomic E-state index is 14.0. The third-order valence-electron chi connectivity index (χ3n) is 3.11. The summed E-state index contributed by atoms with van der Waals surface area (Å²) in [6, 6.07) is 5.52. The predicted molar refractivity (Wildman–Crippen MR) is 68.0 cm³/mol. The first-order chi connectivity index (χ1) is 9.32. The number of allylic oxidation sites excluding steroid dienone is 4. The van der Waals surface area contributed by atoms with Gasteiger partial charge < -0.3 is 0 Å². The van der Waals surface area contributed by atoms with Crippen LogP contribution < -0.4 is 0 Å². The van der Waals surface area contributed by atoms with Crippen LogP contribution in [0.5, 0.6) is 0 Å². The van der Waals surface area contributed by atoms with Crippen LogP contribution in [0.15, 0.2) is 42.0 Å². The highest BCUT2D eigenvalue weighted by Crippen LogP contribution is 2.52. The summed E-state index contributed by atoms with van der Waals surface area (Å²) in [7, 11) is 0. The van der Waals surface area contributed by atoms with E-state index in [-0.39, 0.29) is 10.6 Å². The number of halogens is 6. The second-order valence-electron chi connectivity index (χ2n) is 4.34. The van der Waals surface area contributed by atoms with Gasteiger partial charge in [-0.3, -0.25) is 4.39 Å². The summed E-state index contributed by atoms with van der Waals surface area (Å²) in [6.45, 7) is -1.12. The van der Waals surface area contributed by atoms with E-state index < -0.39 is 36.1 Å². The molecular weight excluding hydrogens is 299 g/mol. The molecule has 0 aromatic heterocycles. The molecule has 108 valence electrons. The Morgan fingerprint density at radius 3 is 2.20 bits per heavy atom. The monoisotopic (exact) mass is 308 g/mol. The highest BCUT2D eigenvalue weighted by atomic mass is 35.5. The van der Waals surface area contributed by atoms with Crippen molar-refractivity contribution in [2.75, 3.05) is 6.67 Å². The van der Waals surface area contributed by atoms with Gasteiger partial charge in [0.1, 0.15) is 0 Å². The molecule has 20 heavy (non-hydrogen) atoms. The highest BCUT2D eigenvalue weighted by molar-refractivity contribution is 6.32. The lowest BCUT2D eigenvalue weighted by molar-refractivity contribution is -0.150. The van der Waals surface area contributed by atoms with Crippen LogP contribution in [-0.2, 0) is 0 Å². The molecule has 1 aliphatic carbocycles. The van der Waals surface area contributed by atoms with Crippen LogP contribution in [-0.4, -0.2) is 18.5 Å². The fraction of sp³-hybridized carbons (Fsp3) is 0.286. The molecule has 0 heterocycles. The van der Waals surface area contributed by atoms with Gasteiger partial charge in [0.25, 0.3) is 0 Å². The normalized spacial score (nSPS) is 20.3. The summed E-state index contributed by atoms with van der Waals surface area (Å²) in [5, 5.41) is -0.0448. The van der Waals surface area contributed by atoms with Crippen LogP contribution in [0.4, 0.5) is 22.0 Å². The van der Waals surface area contributed by atoms with E-state index in [0.717, 1.165) is 12.2 Å². The summed E-state index contributed by atoms with van der Waals surface area (Å²) in [6.07, 6.45) is 0.994. The molecule has 2 rings (SSSR count). The SMILES string of the molecule is FCCC1=CC=C(c2ccccc2Cl)C(F)(F)C1(F)F. The zero-order valence-corrected chi connectivity index (χ0v) is 10.9. The first kappa shape index (κ1) is 15.0. The number of alkyl halides is 5. The van der Waals surface area contributed by atoms with Gasteiger partial charge in [-0.25, -0.2) is 0 Å².